The Bertz CT molecular complexity index is 385. The average Bonchev–Trinajstić information content (AvgIpc) is 2.78. The minimum atomic E-state index is -0.484. The molecule has 0 unspecified atom stereocenters. The van der Waals surface area contributed by atoms with Crippen LogP contribution in [0, 0.1) is 11.8 Å². The molecule has 3 N–H and O–H groups in total. The van der Waals surface area contributed by atoms with Crippen molar-refractivity contribution in [2.45, 2.75) is 96.9 Å². The number of hydrogen-bond acceptors (Lipinski definition) is 3. The maximum absolute atomic E-state index is 10.2. The van der Waals surface area contributed by atoms with E-state index in [0.29, 0.717) is 12.8 Å². The van der Waals surface area contributed by atoms with Crippen molar-refractivity contribution in [1.82, 2.24) is 0 Å². The van der Waals surface area contributed by atoms with Crippen LogP contribution >= 0.6 is 0 Å². The Kier molecular flexibility index (Phi) is 10.6. The van der Waals surface area contributed by atoms with E-state index in [-0.39, 0.29) is 11.8 Å². The van der Waals surface area contributed by atoms with Crippen LogP contribution in [-0.2, 0) is 0 Å². The zero-order valence-corrected chi connectivity index (χ0v) is 15.8. The van der Waals surface area contributed by atoms with Gasteiger partial charge in [-0.05, 0) is 39.0 Å². The number of unbranched alkanes of at least 4 members (excludes halogenated alkanes) is 4. The third-order valence-electron chi connectivity index (χ3n) is 5.13. The molecule has 3 nitrogen and oxygen atoms in total. The molecule has 0 bridgehead atoms. The van der Waals surface area contributed by atoms with Gasteiger partial charge in [0.05, 0.1) is 18.3 Å². The van der Waals surface area contributed by atoms with E-state index in [4.69, 9.17) is 0 Å². The molecule has 1 fully saturated rings. The molecule has 0 spiro atoms. The second-order valence-electron chi connectivity index (χ2n) is 7.63. The number of allylic oxidation sites excluding steroid dienone is 2. The standard InChI is InChI=1S/C21H38O3/c1-4-5-6-7-8-12-18-19(21(24)15-20(18)23)14-13-17(22)11-9-10-16(2)3/h10,13-14,17-24H,4-9,11-12,15H2,1-3H3/t17-,18-,19-,20+,21-/m1/s1. The lowest BCUT2D eigenvalue weighted by Gasteiger charge is -2.21. The number of hydrogen-bond donors (Lipinski definition) is 3. The Morgan fingerprint density at radius 2 is 1.79 bits per heavy atom. The first-order valence-electron chi connectivity index (χ1n) is 9.81. The quantitative estimate of drug-likeness (QED) is 0.387. The molecule has 0 aromatic rings. The van der Waals surface area contributed by atoms with E-state index >= 15 is 0 Å². The van der Waals surface area contributed by atoms with Crippen molar-refractivity contribution in [3.8, 4) is 0 Å². The van der Waals surface area contributed by atoms with Gasteiger partial charge in [-0.2, -0.15) is 0 Å². The summed E-state index contributed by atoms with van der Waals surface area (Å²) >= 11 is 0. The molecule has 1 aliphatic rings. The van der Waals surface area contributed by atoms with Gasteiger partial charge in [0.25, 0.3) is 0 Å². The first-order valence-corrected chi connectivity index (χ1v) is 9.81. The molecule has 1 saturated carbocycles. The minimum absolute atomic E-state index is 0.0238. The Morgan fingerprint density at radius 1 is 1.08 bits per heavy atom. The van der Waals surface area contributed by atoms with Crippen molar-refractivity contribution in [1.29, 1.82) is 0 Å². The van der Waals surface area contributed by atoms with E-state index in [2.05, 4.69) is 26.8 Å². The van der Waals surface area contributed by atoms with E-state index in [9.17, 15) is 15.3 Å². The molecule has 0 heterocycles. The van der Waals surface area contributed by atoms with E-state index in [1.165, 1.54) is 31.3 Å². The smallest absolute Gasteiger partial charge is 0.0724 e. The van der Waals surface area contributed by atoms with Gasteiger partial charge in [0.2, 0.25) is 0 Å². The molecular weight excluding hydrogens is 300 g/mol. The summed E-state index contributed by atoms with van der Waals surface area (Å²) < 4.78 is 0. The maximum atomic E-state index is 10.2. The summed E-state index contributed by atoms with van der Waals surface area (Å²) in [4.78, 5) is 0. The fourth-order valence-corrected chi connectivity index (χ4v) is 3.66. The summed E-state index contributed by atoms with van der Waals surface area (Å²) in [6.07, 6.45) is 13.6. The second kappa shape index (κ2) is 11.8. The Hall–Kier alpha value is -0.640. The molecule has 0 saturated heterocycles. The number of aliphatic hydroxyl groups is 3. The molecule has 0 aromatic carbocycles. The van der Waals surface area contributed by atoms with Crippen molar-refractivity contribution < 1.29 is 15.3 Å². The summed E-state index contributed by atoms with van der Waals surface area (Å²) in [5.74, 6) is 0.104. The van der Waals surface area contributed by atoms with Gasteiger partial charge in [-0.15, -0.1) is 0 Å². The highest BCUT2D eigenvalue weighted by Gasteiger charge is 2.39. The zero-order chi connectivity index (χ0) is 17.9. The lowest BCUT2D eigenvalue weighted by atomic mass is 9.88. The van der Waals surface area contributed by atoms with Gasteiger partial charge in [-0.25, -0.2) is 0 Å². The largest absolute Gasteiger partial charge is 0.393 e. The highest BCUT2D eigenvalue weighted by molar-refractivity contribution is 5.04. The van der Waals surface area contributed by atoms with E-state index in [1.807, 2.05) is 12.2 Å². The summed E-state index contributed by atoms with van der Waals surface area (Å²) in [5, 5.41) is 30.5. The molecular formula is C21H38O3. The van der Waals surface area contributed by atoms with Crippen LogP contribution < -0.4 is 0 Å². The number of aliphatic hydroxyl groups excluding tert-OH is 3. The van der Waals surface area contributed by atoms with Gasteiger partial charge >= 0.3 is 0 Å². The van der Waals surface area contributed by atoms with Gasteiger partial charge < -0.3 is 15.3 Å². The van der Waals surface area contributed by atoms with Crippen molar-refractivity contribution in [3.05, 3.63) is 23.8 Å². The van der Waals surface area contributed by atoms with Gasteiger partial charge in [-0.1, -0.05) is 62.8 Å². The SMILES string of the molecule is CCCCCCC[C@@H]1[C@@H](C=C[C@H](O)CCC=C(C)C)[C@H](O)C[C@@H]1O. The summed E-state index contributed by atoms with van der Waals surface area (Å²) in [6, 6.07) is 0. The highest BCUT2D eigenvalue weighted by atomic mass is 16.3. The van der Waals surface area contributed by atoms with Gasteiger partial charge in [0.15, 0.2) is 0 Å². The molecule has 0 aliphatic heterocycles. The Morgan fingerprint density at radius 3 is 2.46 bits per heavy atom. The lowest BCUT2D eigenvalue weighted by Crippen LogP contribution is -2.21. The predicted molar refractivity (Wildman–Crippen MR) is 101 cm³/mol. The average molecular weight is 339 g/mol. The molecule has 1 rings (SSSR count). The maximum Gasteiger partial charge on any atom is 0.0724 e. The fraction of sp³-hybridized carbons (Fsp3) is 0.810. The molecule has 0 radical (unpaired) electrons. The van der Waals surface area contributed by atoms with Crippen molar-refractivity contribution in [3.63, 3.8) is 0 Å². The van der Waals surface area contributed by atoms with Crippen LogP contribution in [-0.4, -0.2) is 33.6 Å². The van der Waals surface area contributed by atoms with Gasteiger partial charge in [0.1, 0.15) is 0 Å². The summed E-state index contributed by atoms with van der Waals surface area (Å²) in [5.41, 5.74) is 1.27. The lowest BCUT2D eigenvalue weighted by molar-refractivity contribution is 0.115. The van der Waals surface area contributed by atoms with Crippen LogP contribution in [0.3, 0.4) is 0 Å². The first kappa shape index (κ1) is 21.4. The number of rotatable bonds is 11. The van der Waals surface area contributed by atoms with Crippen LogP contribution in [0.2, 0.25) is 0 Å². The van der Waals surface area contributed by atoms with E-state index < -0.39 is 18.3 Å². The van der Waals surface area contributed by atoms with Gasteiger partial charge in [-0.3, -0.25) is 0 Å². The molecule has 0 aromatic heterocycles. The van der Waals surface area contributed by atoms with Crippen LogP contribution in [0.5, 0.6) is 0 Å². The van der Waals surface area contributed by atoms with E-state index in [1.54, 1.807) is 0 Å². The molecule has 3 heteroatoms. The molecule has 24 heavy (non-hydrogen) atoms. The Balaban J connectivity index is 2.46. The summed E-state index contributed by atoms with van der Waals surface area (Å²) in [7, 11) is 0. The molecule has 0 amide bonds. The van der Waals surface area contributed by atoms with Crippen LogP contribution in [0.1, 0.15) is 78.6 Å². The highest BCUT2D eigenvalue weighted by Crippen LogP contribution is 2.37. The fourth-order valence-electron chi connectivity index (χ4n) is 3.66. The predicted octanol–water partition coefficient (Wildman–Crippen LogP) is 4.37. The monoisotopic (exact) mass is 338 g/mol. The topological polar surface area (TPSA) is 60.7 Å². The third kappa shape index (κ3) is 7.96. The minimum Gasteiger partial charge on any atom is -0.393 e. The Labute approximate surface area is 148 Å². The molecule has 1 aliphatic carbocycles. The van der Waals surface area contributed by atoms with Crippen molar-refractivity contribution >= 4 is 0 Å². The van der Waals surface area contributed by atoms with Crippen LogP contribution in [0.25, 0.3) is 0 Å². The third-order valence-corrected chi connectivity index (χ3v) is 5.13. The normalized spacial score (nSPS) is 28.4. The molecule has 5 atom stereocenters. The van der Waals surface area contributed by atoms with Crippen molar-refractivity contribution in [2.24, 2.45) is 11.8 Å². The summed E-state index contributed by atoms with van der Waals surface area (Å²) in [6.45, 7) is 6.33. The molecule has 140 valence electrons. The van der Waals surface area contributed by atoms with Crippen LogP contribution in [0.4, 0.5) is 0 Å². The first-order chi connectivity index (χ1) is 11.5. The van der Waals surface area contributed by atoms with Gasteiger partial charge in [0, 0.05) is 12.3 Å². The zero-order valence-electron chi connectivity index (χ0n) is 15.8. The second-order valence-corrected chi connectivity index (χ2v) is 7.63. The van der Waals surface area contributed by atoms with E-state index in [0.717, 1.165) is 19.3 Å². The van der Waals surface area contributed by atoms with Crippen molar-refractivity contribution in [2.75, 3.05) is 0 Å². The van der Waals surface area contributed by atoms with Crippen LogP contribution in [0.15, 0.2) is 23.8 Å².